The van der Waals surface area contributed by atoms with Gasteiger partial charge >= 0.3 is 0 Å². The molecule has 0 amide bonds. The number of aliphatic hydroxyl groups is 1. The van der Waals surface area contributed by atoms with Crippen LogP contribution in [0.4, 0.5) is 0 Å². The Hall–Kier alpha value is -0.0800. The van der Waals surface area contributed by atoms with E-state index in [9.17, 15) is 5.11 Å². The summed E-state index contributed by atoms with van der Waals surface area (Å²) in [6, 6.07) is 0. The summed E-state index contributed by atoms with van der Waals surface area (Å²) in [5, 5.41) is 9.92. The molecule has 0 aromatic heterocycles. The van der Waals surface area contributed by atoms with Gasteiger partial charge in [-0.05, 0) is 19.8 Å². The molecule has 0 aromatic rings. The summed E-state index contributed by atoms with van der Waals surface area (Å²) in [5.41, 5.74) is -0.526. The highest BCUT2D eigenvalue weighted by Gasteiger charge is 2.18. The van der Waals surface area contributed by atoms with Crippen molar-refractivity contribution in [3.05, 3.63) is 0 Å². The Labute approximate surface area is 88.7 Å². The number of unbranched alkanes of at least 4 members (excludes halogenated alkanes) is 4. The fourth-order valence-electron chi connectivity index (χ4n) is 1.56. The minimum absolute atomic E-state index is 0.526. The fraction of sp³-hybridized carbons (Fsp3) is 1.00. The van der Waals surface area contributed by atoms with Crippen LogP contribution in [-0.4, -0.2) is 24.4 Å². The van der Waals surface area contributed by atoms with Crippen LogP contribution in [-0.2, 0) is 4.74 Å². The number of methoxy groups -OCH3 is 1. The minimum atomic E-state index is -0.526. The Morgan fingerprint density at radius 2 is 1.71 bits per heavy atom. The molecule has 0 aliphatic carbocycles. The first-order chi connectivity index (χ1) is 6.62. The van der Waals surface area contributed by atoms with Crippen LogP contribution < -0.4 is 0 Å². The second-order valence-electron chi connectivity index (χ2n) is 4.40. The number of hydrogen-bond acceptors (Lipinski definition) is 2. The molecule has 0 aromatic carbocycles. The molecular formula is C12H26O2. The Morgan fingerprint density at radius 3 is 2.29 bits per heavy atom. The molecule has 1 N–H and O–H groups in total. The molecule has 0 heterocycles. The summed E-state index contributed by atoms with van der Waals surface area (Å²) in [6.07, 6.45) is 7.93. The van der Waals surface area contributed by atoms with Crippen molar-refractivity contribution in [2.75, 3.05) is 13.7 Å². The van der Waals surface area contributed by atoms with Crippen LogP contribution in [0.25, 0.3) is 0 Å². The van der Waals surface area contributed by atoms with E-state index in [0.29, 0.717) is 6.61 Å². The maximum atomic E-state index is 9.92. The standard InChI is InChI=1S/C12H26O2/c1-4-5-6-7-8-9-12(2,13)10-11-14-3/h13H,4-11H2,1-3H3. The van der Waals surface area contributed by atoms with Gasteiger partial charge in [0.05, 0.1) is 5.60 Å². The average molecular weight is 202 g/mol. The molecule has 86 valence electrons. The summed E-state index contributed by atoms with van der Waals surface area (Å²) in [6.45, 7) is 4.78. The lowest BCUT2D eigenvalue weighted by atomic mass is 9.95. The lowest BCUT2D eigenvalue weighted by molar-refractivity contribution is 0.0152. The van der Waals surface area contributed by atoms with E-state index in [1.54, 1.807) is 7.11 Å². The number of ether oxygens (including phenoxy) is 1. The fourth-order valence-corrected chi connectivity index (χ4v) is 1.56. The topological polar surface area (TPSA) is 29.5 Å². The van der Waals surface area contributed by atoms with E-state index in [1.165, 1.54) is 25.7 Å². The van der Waals surface area contributed by atoms with E-state index >= 15 is 0 Å². The van der Waals surface area contributed by atoms with Gasteiger partial charge in [0.2, 0.25) is 0 Å². The molecule has 0 saturated heterocycles. The van der Waals surface area contributed by atoms with Crippen molar-refractivity contribution in [1.29, 1.82) is 0 Å². The Morgan fingerprint density at radius 1 is 1.07 bits per heavy atom. The Kier molecular flexibility index (Phi) is 8.20. The first-order valence-corrected chi connectivity index (χ1v) is 5.83. The van der Waals surface area contributed by atoms with Crippen LogP contribution in [0.15, 0.2) is 0 Å². The molecule has 0 bridgehead atoms. The molecule has 0 radical (unpaired) electrons. The summed E-state index contributed by atoms with van der Waals surface area (Å²) in [4.78, 5) is 0. The Balaban J connectivity index is 3.35. The maximum Gasteiger partial charge on any atom is 0.0641 e. The molecule has 0 aliphatic heterocycles. The van der Waals surface area contributed by atoms with E-state index < -0.39 is 5.60 Å². The summed E-state index contributed by atoms with van der Waals surface area (Å²) < 4.78 is 4.96. The molecule has 0 spiro atoms. The monoisotopic (exact) mass is 202 g/mol. The summed E-state index contributed by atoms with van der Waals surface area (Å²) >= 11 is 0. The van der Waals surface area contributed by atoms with Crippen LogP contribution >= 0.6 is 0 Å². The van der Waals surface area contributed by atoms with E-state index in [-0.39, 0.29) is 0 Å². The molecule has 0 rings (SSSR count). The van der Waals surface area contributed by atoms with Gasteiger partial charge in [-0.1, -0.05) is 39.0 Å². The summed E-state index contributed by atoms with van der Waals surface area (Å²) in [5.74, 6) is 0. The van der Waals surface area contributed by atoms with Gasteiger partial charge in [0.15, 0.2) is 0 Å². The molecule has 14 heavy (non-hydrogen) atoms. The van der Waals surface area contributed by atoms with E-state index in [4.69, 9.17) is 4.74 Å². The second-order valence-corrected chi connectivity index (χ2v) is 4.40. The van der Waals surface area contributed by atoms with Gasteiger partial charge in [0.25, 0.3) is 0 Å². The highest BCUT2D eigenvalue weighted by molar-refractivity contribution is 4.71. The first kappa shape index (κ1) is 13.9. The predicted octanol–water partition coefficient (Wildman–Crippen LogP) is 3.13. The van der Waals surface area contributed by atoms with Gasteiger partial charge in [-0.3, -0.25) is 0 Å². The molecule has 2 heteroatoms. The number of rotatable bonds is 9. The second kappa shape index (κ2) is 8.25. The van der Waals surface area contributed by atoms with Gasteiger partial charge in [-0.25, -0.2) is 0 Å². The van der Waals surface area contributed by atoms with Crippen molar-refractivity contribution < 1.29 is 9.84 Å². The third-order valence-corrected chi connectivity index (χ3v) is 2.66. The quantitative estimate of drug-likeness (QED) is 0.582. The predicted molar refractivity (Wildman–Crippen MR) is 60.5 cm³/mol. The largest absolute Gasteiger partial charge is 0.390 e. The molecule has 2 nitrogen and oxygen atoms in total. The van der Waals surface area contributed by atoms with Crippen molar-refractivity contribution in [3.8, 4) is 0 Å². The zero-order chi connectivity index (χ0) is 10.9. The third-order valence-electron chi connectivity index (χ3n) is 2.66. The zero-order valence-electron chi connectivity index (χ0n) is 10.0. The zero-order valence-corrected chi connectivity index (χ0v) is 10.0. The molecule has 0 saturated carbocycles. The normalized spacial score (nSPS) is 15.4. The van der Waals surface area contributed by atoms with Crippen molar-refractivity contribution in [1.82, 2.24) is 0 Å². The lowest BCUT2D eigenvalue weighted by Gasteiger charge is -2.22. The SMILES string of the molecule is CCCCCCCC(C)(O)CCOC. The maximum absolute atomic E-state index is 9.92. The number of hydrogen-bond donors (Lipinski definition) is 1. The van der Waals surface area contributed by atoms with Crippen LogP contribution in [0.1, 0.15) is 58.8 Å². The highest BCUT2D eigenvalue weighted by atomic mass is 16.5. The van der Waals surface area contributed by atoms with Crippen LogP contribution in [0.2, 0.25) is 0 Å². The first-order valence-electron chi connectivity index (χ1n) is 5.83. The van der Waals surface area contributed by atoms with Crippen LogP contribution in [0.3, 0.4) is 0 Å². The average Bonchev–Trinajstić information content (AvgIpc) is 2.15. The van der Waals surface area contributed by atoms with E-state index in [0.717, 1.165) is 19.3 Å². The molecular weight excluding hydrogens is 176 g/mol. The van der Waals surface area contributed by atoms with E-state index in [1.807, 2.05) is 6.92 Å². The van der Waals surface area contributed by atoms with Crippen LogP contribution in [0.5, 0.6) is 0 Å². The van der Waals surface area contributed by atoms with Crippen molar-refractivity contribution >= 4 is 0 Å². The van der Waals surface area contributed by atoms with Gasteiger partial charge < -0.3 is 9.84 Å². The molecule has 1 atom stereocenters. The molecule has 1 unspecified atom stereocenters. The minimum Gasteiger partial charge on any atom is -0.390 e. The third kappa shape index (κ3) is 8.52. The van der Waals surface area contributed by atoms with Gasteiger partial charge in [0, 0.05) is 13.7 Å². The van der Waals surface area contributed by atoms with Crippen LogP contribution in [0, 0.1) is 0 Å². The molecule has 0 fully saturated rings. The lowest BCUT2D eigenvalue weighted by Crippen LogP contribution is -2.25. The van der Waals surface area contributed by atoms with Crippen molar-refractivity contribution in [2.24, 2.45) is 0 Å². The van der Waals surface area contributed by atoms with Gasteiger partial charge in [0.1, 0.15) is 0 Å². The molecule has 0 aliphatic rings. The van der Waals surface area contributed by atoms with Crippen molar-refractivity contribution in [3.63, 3.8) is 0 Å². The van der Waals surface area contributed by atoms with Crippen molar-refractivity contribution in [2.45, 2.75) is 64.4 Å². The highest BCUT2D eigenvalue weighted by Crippen LogP contribution is 2.18. The van der Waals surface area contributed by atoms with E-state index in [2.05, 4.69) is 6.92 Å². The summed E-state index contributed by atoms with van der Waals surface area (Å²) in [7, 11) is 1.68. The smallest absolute Gasteiger partial charge is 0.0641 e. The Bertz CT molecular complexity index is 121. The van der Waals surface area contributed by atoms with Gasteiger partial charge in [-0.2, -0.15) is 0 Å². The van der Waals surface area contributed by atoms with Gasteiger partial charge in [-0.15, -0.1) is 0 Å².